The quantitative estimate of drug-likeness (QED) is 0.767. The second-order valence-electron chi connectivity index (χ2n) is 4.21. The second-order valence-corrected chi connectivity index (χ2v) is 4.21. The number of aromatic nitrogens is 1. The number of aliphatic hydroxyl groups excluding tert-OH is 1. The van der Waals surface area contributed by atoms with Gasteiger partial charge in [-0.25, -0.2) is 4.98 Å². The van der Waals surface area contributed by atoms with E-state index in [1.807, 2.05) is 11.9 Å². The summed E-state index contributed by atoms with van der Waals surface area (Å²) >= 11 is 0. The third-order valence-corrected chi connectivity index (χ3v) is 2.89. The molecule has 1 saturated carbocycles. The molecule has 1 aliphatic carbocycles. The summed E-state index contributed by atoms with van der Waals surface area (Å²) in [6.07, 6.45) is 3.06. The molecule has 3 nitrogen and oxygen atoms in total. The first kappa shape index (κ1) is 10.4. The lowest BCUT2D eigenvalue weighted by Crippen LogP contribution is -2.37. The van der Waals surface area contributed by atoms with Gasteiger partial charge in [-0.1, -0.05) is 0 Å². The van der Waals surface area contributed by atoms with E-state index >= 15 is 0 Å². The van der Waals surface area contributed by atoms with E-state index in [1.165, 1.54) is 12.3 Å². The van der Waals surface area contributed by atoms with Gasteiger partial charge in [0.25, 0.3) is 0 Å². The fourth-order valence-corrected chi connectivity index (χ4v) is 1.97. The number of nitrogens with zero attached hydrogens (tertiary/aromatic N) is 2. The highest BCUT2D eigenvalue weighted by molar-refractivity contribution is 5.44. The largest absolute Gasteiger partial charge is 0.393 e. The molecule has 1 aromatic heterocycles. The second kappa shape index (κ2) is 4.14. The minimum absolute atomic E-state index is 0.127. The van der Waals surface area contributed by atoms with Crippen molar-refractivity contribution in [3.05, 3.63) is 24.3 Å². The van der Waals surface area contributed by atoms with E-state index in [0.29, 0.717) is 5.92 Å². The molecule has 0 amide bonds. The zero-order chi connectivity index (χ0) is 10.8. The first-order valence-electron chi connectivity index (χ1n) is 5.16. The monoisotopic (exact) mass is 210 g/mol. The predicted octanol–water partition coefficient (Wildman–Crippen LogP) is 1.43. The van der Waals surface area contributed by atoms with Crippen LogP contribution in [0.25, 0.3) is 0 Å². The number of rotatable bonds is 3. The standard InChI is InChI=1S/C11H15FN2O/c1-14(7-8-4-10(15)5-8)9-2-3-13-11(12)6-9/h2-3,6,8,10,15H,4-5,7H2,1H3. The van der Waals surface area contributed by atoms with Gasteiger partial charge in [0, 0.05) is 31.5 Å². The molecule has 0 bridgehead atoms. The summed E-state index contributed by atoms with van der Waals surface area (Å²) in [5.41, 5.74) is 0.837. The van der Waals surface area contributed by atoms with Crippen LogP contribution in [0.2, 0.25) is 0 Å². The highest BCUT2D eigenvalue weighted by Gasteiger charge is 2.27. The molecule has 4 heteroatoms. The maximum absolute atomic E-state index is 12.8. The maximum Gasteiger partial charge on any atom is 0.214 e. The lowest BCUT2D eigenvalue weighted by molar-refractivity contribution is 0.0465. The fourth-order valence-electron chi connectivity index (χ4n) is 1.97. The molecular formula is C11H15FN2O. The molecule has 1 aliphatic rings. The van der Waals surface area contributed by atoms with Crippen LogP contribution < -0.4 is 4.90 Å². The summed E-state index contributed by atoms with van der Waals surface area (Å²) in [6.45, 7) is 0.862. The molecule has 0 aromatic carbocycles. The molecule has 1 N–H and O–H groups in total. The van der Waals surface area contributed by atoms with Gasteiger partial charge in [0.1, 0.15) is 0 Å². The van der Waals surface area contributed by atoms with Crippen molar-refractivity contribution in [2.45, 2.75) is 18.9 Å². The molecule has 0 unspecified atom stereocenters. The zero-order valence-electron chi connectivity index (χ0n) is 8.73. The Morgan fingerprint density at radius 2 is 2.33 bits per heavy atom. The SMILES string of the molecule is CN(CC1CC(O)C1)c1ccnc(F)c1. The van der Waals surface area contributed by atoms with E-state index in [-0.39, 0.29) is 6.10 Å². The van der Waals surface area contributed by atoms with Crippen LogP contribution in [0.3, 0.4) is 0 Å². The van der Waals surface area contributed by atoms with Gasteiger partial charge in [-0.15, -0.1) is 0 Å². The van der Waals surface area contributed by atoms with Crippen molar-refractivity contribution in [1.82, 2.24) is 4.98 Å². The van der Waals surface area contributed by atoms with Gasteiger partial charge in [-0.3, -0.25) is 0 Å². The van der Waals surface area contributed by atoms with Crippen molar-refractivity contribution in [2.75, 3.05) is 18.5 Å². The van der Waals surface area contributed by atoms with Crippen LogP contribution in [0.5, 0.6) is 0 Å². The minimum atomic E-state index is -0.451. The summed E-state index contributed by atoms with van der Waals surface area (Å²) in [6, 6.07) is 3.22. The lowest BCUT2D eigenvalue weighted by Gasteiger charge is -2.35. The Bertz CT molecular complexity index is 339. The Kier molecular flexibility index (Phi) is 2.86. The minimum Gasteiger partial charge on any atom is -0.393 e. The molecule has 0 spiro atoms. The third kappa shape index (κ3) is 2.45. The van der Waals surface area contributed by atoms with Crippen molar-refractivity contribution < 1.29 is 9.50 Å². The summed E-state index contributed by atoms with van der Waals surface area (Å²) in [5, 5.41) is 9.16. The third-order valence-electron chi connectivity index (χ3n) is 2.89. The first-order chi connectivity index (χ1) is 7.15. The maximum atomic E-state index is 12.8. The van der Waals surface area contributed by atoms with Crippen LogP contribution in [-0.2, 0) is 0 Å². The zero-order valence-corrected chi connectivity index (χ0v) is 8.73. The topological polar surface area (TPSA) is 36.4 Å². The summed E-state index contributed by atoms with van der Waals surface area (Å²) in [5.74, 6) is 0.0780. The van der Waals surface area contributed by atoms with E-state index in [4.69, 9.17) is 5.11 Å². The van der Waals surface area contributed by atoms with Crippen molar-refractivity contribution in [2.24, 2.45) is 5.92 Å². The highest BCUT2D eigenvalue weighted by Crippen LogP contribution is 2.28. The normalized spacial score (nSPS) is 24.7. The number of anilines is 1. The molecule has 2 rings (SSSR count). The molecule has 0 aliphatic heterocycles. The van der Waals surface area contributed by atoms with Gasteiger partial charge in [0.05, 0.1) is 6.10 Å². The van der Waals surface area contributed by atoms with Gasteiger partial charge < -0.3 is 10.0 Å². The molecule has 1 aromatic rings. The van der Waals surface area contributed by atoms with E-state index < -0.39 is 5.95 Å². The number of pyridine rings is 1. The van der Waals surface area contributed by atoms with Crippen LogP contribution in [0.1, 0.15) is 12.8 Å². The fraction of sp³-hybridized carbons (Fsp3) is 0.545. The number of halogens is 1. The Morgan fingerprint density at radius 1 is 1.60 bits per heavy atom. The van der Waals surface area contributed by atoms with Gasteiger partial charge in [0.2, 0.25) is 5.95 Å². The molecule has 1 heterocycles. The molecule has 0 radical (unpaired) electrons. The first-order valence-corrected chi connectivity index (χ1v) is 5.16. The van der Waals surface area contributed by atoms with Gasteiger partial charge in [-0.05, 0) is 24.8 Å². The van der Waals surface area contributed by atoms with Crippen LogP contribution in [0, 0.1) is 11.9 Å². The summed E-state index contributed by atoms with van der Waals surface area (Å²) < 4.78 is 12.8. The molecular weight excluding hydrogens is 195 g/mol. The van der Waals surface area contributed by atoms with Crippen molar-refractivity contribution in [1.29, 1.82) is 0 Å². The van der Waals surface area contributed by atoms with Crippen LogP contribution in [-0.4, -0.2) is 29.8 Å². The molecule has 82 valence electrons. The Balaban J connectivity index is 1.93. The average molecular weight is 210 g/mol. The number of aliphatic hydroxyl groups is 1. The van der Waals surface area contributed by atoms with Gasteiger partial charge >= 0.3 is 0 Å². The molecule has 0 saturated heterocycles. The smallest absolute Gasteiger partial charge is 0.214 e. The van der Waals surface area contributed by atoms with Crippen LogP contribution >= 0.6 is 0 Å². The summed E-state index contributed by atoms with van der Waals surface area (Å²) in [7, 11) is 1.93. The van der Waals surface area contributed by atoms with Crippen LogP contribution in [0.4, 0.5) is 10.1 Å². The van der Waals surface area contributed by atoms with E-state index in [1.54, 1.807) is 6.07 Å². The van der Waals surface area contributed by atoms with Crippen molar-refractivity contribution in [3.8, 4) is 0 Å². The summed E-state index contributed by atoms with van der Waals surface area (Å²) in [4.78, 5) is 5.52. The van der Waals surface area contributed by atoms with Crippen molar-refractivity contribution >= 4 is 5.69 Å². The average Bonchev–Trinajstić information content (AvgIpc) is 2.15. The predicted molar refractivity (Wildman–Crippen MR) is 56.2 cm³/mol. The van der Waals surface area contributed by atoms with Crippen LogP contribution in [0.15, 0.2) is 18.3 Å². The Labute approximate surface area is 88.6 Å². The van der Waals surface area contributed by atoms with E-state index in [9.17, 15) is 4.39 Å². The molecule has 1 fully saturated rings. The Morgan fingerprint density at radius 3 is 2.93 bits per heavy atom. The van der Waals surface area contributed by atoms with Crippen molar-refractivity contribution in [3.63, 3.8) is 0 Å². The van der Waals surface area contributed by atoms with E-state index in [0.717, 1.165) is 25.1 Å². The number of hydrogen-bond acceptors (Lipinski definition) is 3. The molecule has 0 atom stereocenters. The van der Waals surface area contributed by atoms with Gasteiger partial charge in [0.15, 0.2) is 0 Å². The Hall–Kier alpha value is -1.16. The van der Waals surface area contributed by atoms with Gasteiger partial charge in [-0.2, -0.15) is 4.39 Å². The highest BCUT2D eigenvalue weighted by atomic mass is 19.1. The molecule has 15 heavy (non-hydrogen) atoms. The lowest BCUT2D eigenvalue weighted by atomic mass is 9.82. The van der Waals surface area contributed by atoms with E-state index in [2.05, 4.69) is 4.98 Å². The number of hydrogen-bond donors (Lipinski definition) is 1.